The number of benzene rings is 1. The van der Waals surface area contributed by atoms with E-state index in [-0.39, 0.29) is 18.6 Å². The number of hydrogen-bond donors (Lipinski definition) is 0. The zero-order valence-electron chi connectivity index (χ0n) is 14.7. The maximum absolute atomic E-state index is 14.6. The summed E-state index contributed by atoms with van der Waals surface area (Å²) < 4.78 is 47.3. The third-order valence-electron chi connectivity index (χ3n) is 5.03. The van der Waals surface area contributed by atoms with Gasteiger partial charge in [0.15, 0.2) is 5.79 Å². The highest BCUT2D eigenvalue weighted by Gasteiger charge is 2.49. The van der Waals surface area contributed by atoms with Crippen LogP contribution in [0.15, 0.2) is 30.9 Å². The van der Waals surface area contributed by atoms with Gasteiger partial charge in [-0.25, -0.2) is 18.4 Å². The van der Waals surface area contributed by atoms with Crippen molar-refractivity contribution in [2.24, 2.45) is 5.92 Å². The molecule has 2 aromatic rings. The van der Waals surface area contributed by atoms with Crippen LogP contribution in [0.25, 0.3) is 0 Å². The Morgan fingerprint density at radius 1 is 1.23 bits per heavy atom. The molecule has 0 radical (unpaired) electrons. The van der Waals surface area contributed by atoms with Crippen LogP contribution in [0.3, 0.4) is 0 Å². The van der Waals surface area contributed by atoms with Crippen molar-refractivity contribution in [1.82, 2.24) is 14.8 Å². The van der Waals surface area contributed by atoms with Crippen molar-refractivity contribution in [3.8, 4) is 0 Å². The molecular formula is C18H21F2N3O3. The smallest absolute Gasteiger partial charge is 0.163 e. The molecule has 0 N–H and O–H groups in total. The lowest BCUT2D eigenvalue weighted by Crippen LogP contribution is -2.33. The van der Waals surface area contributed by atoms with Crippen LogP contribution in [0, 0.1) is 17.6 Å². The molecule has 6 nitrogen and oxygen atoms in total. The van der Waals surface area contributed by atoms with E-state index in [2.05, 4.69) is 10.1 Å². The Morgan fingerprint density at radius 2 is 2.08 bits per heavy atom. The Kier molecular flexibility index (Phi) is 4.29. The van der Waals surface area contributed by atoms with Gasteiger partial charge < -0.3 is 14.2 Å². The van der Waals surface area contributed by atoms with E-state index in [0.29, 0.717) is 25.2 Å². The van der Waals surface area contributed by atoms with Crippen LogP contribution in [0.1, 0.15) is 25.8 Å². The van der Waals surface area contributed by atoms with Crippen molar-refractivity contribution in [2.75, 3.05) is 13.2 Å². The fourth-order valence-corrected chi connectivity index (χ4v) is 3.81. The van der Waals surface area contributed by atoms with Gasteiger partial charge in [0.2, 0.25) is 0 Å². The van der Waals surface area contributed by atoms with Crippen LogP contribution in [0.5, 0.6) is 0 Å². The van der Waals surface area contributed by atoms with Crippen LogP contribution >= 0.6 is 0 Å². The van der Waals surface area contributed by atoms with E-state index in [9.17, 15) is 8.78 Å². The van der Waals surface area contributed by atoms with Gasteiger partial charge in [-0.1, -0.05) is 6.07 Å². The van der Waals surface area contributed by atoms with E-state index in [0.717, 1.165) is 6.07 Å². The van der Waals surface area contributed by atoms with E-state index in [4.69, 9.17) is 14.2 Å². The van der Waals surface area contributed by atoms with Crippen LogP contribution in [0.2, 0.25) is 0 Å². The molecule has 0 saturated carbocycles. The molecular weight excluding hydrogens is 344 g/mol. The summed E-state index contributed by atoms with van der Waals surface area (Å²) in [5.41, 5.74) is -0.651. The molecule has 1 aromatic carbocycles. The van der Waals surface area contributed by atoms with Crippen molar-refractivity contribution < 1.29 is 23.0 Å². The number of nitrogens with zero attached hydrogens (tertiary/aromatic N) is 3. The maximum Gasteiger partial charge on any atom is 0.163 e. The zero-order chi connectivity index (χ0) is 18.4. The predicted octanol–water partition coefficient (Wildman–Crippen LogP) is 2.64. The summed E-state index contributed by atoms with van der Waals surface area (Å²) in [5.74, 6) is -1.85. The highest BCUT2D eigenvalue weighted by molar-refractivity contribution is 5.27. The van der Waals surface area contributed by atoms with Crippen molar-refractivity contribution in [3.05, 3.63) is 48.1 Å². The highest BCUT2D eigenvalue weighted by atomic mass is 19.1. The molecule has 2 fully saturated rings. The number of rotatable bonds is 4. The Labute approximate surface area is 150 Å². The van der Waals surface area contributed by atoms with Crippen molar-refractivity contribution in [1.29, 1.82) is 0 Å². The average molecular weight is 365 g/mol. The normalized spacial score (nSPS) is 30.8. The molecule has 4 rings (SSSR count). The van der Waals surface area contributed by atoms with Gasteiger partial charge in [0.25, 0.3) is 0 Å². The van der Waals surface area contributed by atoms with E-state index < -0.39 is 23.0 Å². The molecule has 0 unspecified atom stereocenters. The second-order valence-electron chi connectivity index (χ2n) is 7.35. The largest absolute Gasteiger partial charge is 0.368 e. The molecule has 2 aliphatic heterocycles. The summed E-state index contributed by atoms with van der Waals surface area (Å²) in [7, 11) is 0. The standard InChI is InChI=1S/C18H21F2N3O3/c1-17(2)24-8-16(26-17)12-6-18(25-7-12,9-23-11-21-10-22-23)14-4-3-13(19)5-15(14)20/h3-5,10-12,16H,6-9H2,1-2H3/t12-,16+,18-/m0/s1. The van der Waals surface area contributed by atoms with Crippen LogP contribution in [-0.4, -0.2) is 39.9 Å². The van der Waals surface area contributed by atoms with Crippen LogP contribution in [0.4, 0.5) is 8.78 Å². The highest BCUT2D eigenvalue weighted by Crippen LogP contribution is 2.44. The lowest BCUT2D eigenvalue weighted by Gasteiger charge is -2.30. The minimum Gasteiger partial charge on any atom is -0.368 e. The molecule has 2 saturated heterocycles. The summed E-state index contributed by atoms with van der Waals surface area (Å²) >= 11 is 0. The van der Waals surface area contributed by atoms with Crippen molar-refractivity contribution >= 4 is 0 Å². The number of aromatic nitrogens is 3. The van der Waals surface area contributed by atoms with E-state index in [1.54, 1.807) is 11.0 Å². The average Bonchev–Trinajstić information content (AvgIpc) is 3.28. The summed E-state index contributed by atoms with van der Waals surface area (Å²) in [5, 5.41) is 4.12. The van der Waals surface area contributed by atoms with E-state index in [1.165, 1.54) is 18.5 Å². The monoisotopic (exact) mass is 365 g/mol. The number of hydrogen-bond acceptors (Lipinski definition) is 5. The topological polar surface area (TPSA) is 58.4 Å². The van der Waals surface area contributed by atoms with Gasteiger partial charge in [-0.05, 0) is 26.3 Å². The minimum absolute atomic E-state index is 0.0322. The van der Waals surface area contributed by atoms with Gasteiger partial charge in [0, 0.05) is 17.5 Å². The molecule has 0 spiro atoms. The minimum atomic E-state index is -0.966. The lowest BCUT2D eigenvalue weighted by atomic mass is 9.85. The van der Waals surface area contributed by atoms with Gasteiger partial charge in [-0.3, -0.25) is 0 Å². The maximum atomic E-state index is 14.6. The fourth-order valence-electron chi connectivity index (χ4n) is 3.81. The second-order valence-corrected chi connectivity index (χ2v) is 7.35. The first-order valence-corrected chi connectivity index (χ1v) is 8.61. The fraction of sp³-hybridized carbons (Fsp3) is 0.556. The van der Waals surface area contributed by atoms with Gasteiger partial charge in [0.1, 0.15) is 29.9 Å². The first-order chi connectivity index (χ1) is 12.4. The molecule has 8 heteroatoms. The summed E-state index contributed by atoms with van der Waals surface area (Å²) in [6.07, 6.45) is 3.35. The Bertz CT molecular complexity index is 784. The molecule has 0 aliphatic carbocycles. The van der Waals surface area contributed by atoms with Gasteiger partial charge in [-0.15, -0.1) is 0 Å². The van der Waals surface area contributed by atoms with Crippen LogP contribution < -0.4 is 0 Å². The Hall–Kier alpha value is -1.90. The molecule has 2 aliphatic rings. The molecule has 140 valence electrons. The summed E-state index contributed by atoms with van der Waals surface area (Å²) in [6.45, 7) is 4.88. The molecule has 3 heterocycles. The summed E-state index contributed by atoms with van der Waals surface area (Å²) in [6, 6.07) is 3.57. The number of halogens is 2. The molecule has 0 amide bonds. The van der Waals surface area contributed by atoms with E-state index >= 15 is 0 Å². The third-order valence-corrected chi connectivity index (χ3v) is 5.03. The van der Waals surface area contributed by atoms with Crippen LogP contribution in [-0.2, 0) is 26.4 Å². The van der Waals surface area contributed by atoms with Crippen molar-refractivity contribution in [2.45, 2.75) is 44.3 Å². The quantitative estimate of drug-likeness (QED) is 0.834. The second kappa shape index (κ2) is 6.37. The van der Waals surface area contributed by atoms with E-state index in [1.807, 2.05) is 13.8 Å². The van der Waals surface area contributed by atoms with Gasteiger partial charge in [-0.2, -0.15) is 5.10 Å². The molecule has 0 bridgehead atoms. The molecule has 26 heavy (non-hydrogen) atoms. The van der Waals surface area contributed by atoms with Crippen molar-refractivity contribution in [3.63, 3.8) is 0 Å². The Balaban J connectivity index is 1.64. The first-order valence-electron chi connectivity index (χ1n) is 8.61. The SMILES string of the molecule is CC1(C)OC[C@H]([C@@H]2CO[C@@](Cn3cncn3)(c3ccc(F)cc3F)C2)O1. The molecule has 3 atom stereocenters. The Morgan fingerprint density at radius 3 is 2.73 bits per heavy atom. The van der Waals surface area contributed by atoms with Gasteiger partial charge in [0.05, 0.1) is 25.9 Å². The van der Waals surface area contributed by atoms with Gasteiger partial charge >= 0.3 is 0 Å². The predicted molar refractivity (Wildman–Crippen MR) is 87.0 cm³/mol. The zero-order valence-corrected chi connectivity index (χ0v) is 14.7. The lowest BCUT2D eigenvalue weighted by molar-refractivity contribution is -0.144. The third kappa shape index (κ3) is 3.24. The molecule has 1 aromatic heterocycles. The first kappa shape index (κ1) is 17.5. The number of ether oxygens (including phenoxy) is 3. The summed E-state index contributed by atoms with van der Waals surface area (Å²) in [4.78, 5) is 3.94.